The van der Waals surface area contributed by atoms with E-state index in [9.17, 15) is 19.8 Å². The van der Waals surface area contributed by atoms with Crippen LogP contribution in [-0.4, -0.2) is 46.6 Å². The van der Waals surface area contributed by atoms with Gasteiger partial charge in [-0.15, -0.1) is 0 Å². The molecule has 2 heterocycles. The smallest absolute Gasteiger partial charge is 0.309 e. The third-order valence-corrected chi connectivity index (χ3v) is 4.59. The lowest BCUT2D eigenvalue weighted by molar-refractivity contribution is -0.171. The van der Waals surface area contributed by atoms with Crippen molar-refractivity contribution in [3.05, 3.63) is 0 Å². The van der Waals surface area contributed by atoms with Crippen LogP contribution in [0.15, 0.2) is 0 Å². The minimum Gasteiger partial charge on any atom is -0.462 e. The summed E-state index contributed by atoms with van der Waals surface area (Å²) in [5.74, 6) is -0.250. The maximum absolute atomic E-state index is 10.6. The van der Waals surface area contributed by atoms with E-state index in [0.29, 0.717) is 25.7 Å². The van der Waals surface area contributed by atoms with Crippen molar-refractivity contribution < 1.29 is 29.3 Å². The second-order valence-electron chi connectivity index (χ2n) is 6.73. The fraction of sp³-hybridized carbons (Fsp3) is 0.882. The van der Waals surface area contributed by atoms with Gasteiger partial charge in [-0.25, -0.2) is 0 Å². The molecule has 4 atom stereocenters. The summed E-state index contributed by atoms with van der Waals surface area (Å²) in [6, 6.07) is 0. The third-order valence-electron chi connectivity index (χ3n) is 4.59. The molecule has 2 saturated heterocycles. The van der Waals surface area contributed by atoms with Crippen LogP contribution in [0.5, 0.6) is 0 Å². The zero-order chi connectivity index (χ0) is 16.7. The Hall–Kier alpha value is -1.14. The highest BCUT2D eigenvalue weighted by Gasteiger charge is 2.28. The topological polar surface area (TPSA) is 93.1 Å². The van der Waals surface area contributed by atoms with Crippen molar-refractivity contribution in [1.29, 1.82) is 0 Å². The maximum Gasteiger partial charge on any atom is 0.309 e. The number of aliphatic hydroxyl groups is 2. The maximum atomic E-state index is 10.6. The Morgan fingerprint density at radius 3 is 1.48 bits per heavy atom. The number of cyclic esters (lactones) is 2. The molecule has 0 bridgehead atoms. The number of rotatable bonds is 12. The van der Waals surface area contributed by atoms with Crippen molar-refractivity contribution in [2.45, 2.75) is 95.0 Å². The van der Waals surface area contributed by atoms with Crippen LogP contribution in [0.2, 0.25) is 0 Å². The van der Waals surface area contributed by atoms with E-state index in [4.69, 9.17) is 9.47 Å². The van der Waals surface area contributed by atoms with Gasteiger partial charge in [0, 0.05) is 0 Å². The number of hydrogen-bond donors (Lipinski definition) is 2. The second kappa shape index (κ2) is 9.23. The Kier molecular flexibility index (Phi) is 7.30. The van der Waals surface area contributed by atoms with Crippen molar-refractivity contribution in [2.24, 2.45) is 0 Å². The summed E-state index contributed by atoms with van der Waals surface area (Å²) in [6.07, 6.45) is 7.50. The fourth-order valence-corrected chi connectivity index (χ4v) is 3.09. The summed E-state index contributed by atoms with van der Waals surface area (Å²) in [5, 5.41) is 19.8. The molecule has 0 aromatic heterocycles. The van der Waals surface area contributed by atoms with Crippen LogP contribution in [-0.2, 0) is 19.1 Å². The standard InChI is InChI=1S/C17H28O6/c18-12(6-2-8-14-10-16(20)22-14)4-1-5-13(19)7-3-9-15-11-17(21)23-15/h12-15,18-19H,1-11H2. The highest BCUT2D eigenvalue weighted by Crippen LogP contribution is 2.22. The summed E-state index contributed by atoms with van der Waals surface area (Å²) in [5.41, 5.74) is 0. The van der Waals surface area contributed by atoms with Crippen LogP contribution in [0.3, 0.4) is 0 Å². The van der Waals surface area contributed by atoms with Gasteiger partial charge in [-0.3, -0.25) is 9.59 Å². The predicted molar refractivity (Wildman–Crippen MR) is 82.6 cm³/mol. The number of carbonyl (C=O) groups excluding carboxylic acids is 2. The average Bonchev–Trinajstić information content (AvgIpc) is 2.43. The molecular weight excluding hydrogens is 300 g/mol. The lowest BCUT2D eigenvalue weighted by Gasteiger charge is -2.25. The molecule has 0 aromatic carbocycles. The zero-order valence-corrected chi connectivity index (χ0v) is 13.6. The normalized spacial score (nSPS) is 25.8. The first-order valence-corrected chi connectivity index (χ1v) is 8.78. The Labute approximate surface area is 137 Å². The summed E-state index contributed by atoms with van der Waals surface area (Å²) in [6.45, 7) is 0. The van der Waals surface area contributed by atoms with Crippen LogP contribution in [0.1, 0.15) is 70.6 Å². The largest absolute Gasteiger partial charge is 0.462 e. The molecule has 0 saturated carbocycles. The Morgan fingerprint density at radius 2 is 1.13 bits per heavy atom. The first-order valence-electron chi connectivity index (χ1n) is 8.78. The van der Waals surface area contributed by atoms with Crippen molar-refractivity contribution in [1.82, 2.24) is 0 Å². The minimum atomic E-state index is -0.340. The van der Waals surface area contributed by atoms with Crippen molar-refractivity contribution in [3.63, 3.8) is 0 Å². The van der Waals surface area contributed by atoms with E-state index in [1.54, 1.807) is 0 Å². The van der Waals surface area contributed by atoms with E-state index in [2.05, 4.69) is 0 Å². The summed E-state index contributed by atoms with van der Waals surface area (Å²) >= 11 is 0. The van der Waals surface area contributed by atoms with Crippen molar-refractivity contribution >= 4 is 11.9 Å². The molecule has 2 fully saturated rings. The molecule has 0 amide bonds. The SMILES string of the molecule is O=C1CC(CCCC(O)CCCC(O)CCCC2CC(=O)O2)O1. The van der Waals surface area contributed by atoms with Crippen LogP contribution in [0.25, 0.3) is 0 Å². The fourth-order valence-electron chi connectivity index (χ4n) is 3.09. The van der Waals surface area contributed by atoms with Gasteiger partial charge in [0.25, 0.3) is 0 Å². The first kappa shape index (κ1) is 18.2. The number of esters is 2. The lowest BCUT2D eigenvalue weighted by Crippen LogP contribution is -2.32. The van der Waals surface area contributed by atoms with Crippen LogP contribution < -0.4 is 0 Å². The summed E-state index contributed by atoms with van der Waals surface area (Å²) in [7, 11) is 0. The zero-order valence-electron chi connectivity index (χ0n) is 13.6. The van der Waals surface area contributed by atoms with Gasteiger partial charge in [0.05, 0.1) is 25.0 Å². The molecule has 6 nitrogen and oxygen atoms in total. The molecule has 4 unspecified atom stereocenters. The Balaban J connectivity index is 1.38. The molecule has 23 heavy (non-hydrogen) atoms. The molecule has 0 aromatic rings. The predicted octanol–water partition coefficient (Wildman–Crippen LogP) is 1.85. The molecule has 2 aliphatic rings. The van der Waals surface area contributed by atoms with Gasteiger partial charge < -0.3 is 19.7 Å². The molecule has 0 radical (unpaired) electrons. The Morgan fingerprint density at radius 1 is 0.783 bits per heavy atom. The van der Waals surface area contributed by atoms with Gasteiger partial charge in [0.1, 0.15) is 12.2 Å². The van der Waals surface area contributed by atoms with Crippen molar-refractivity contribution in [3.8, 4) is 0 Å². The molecule has 2 aliphatic heterocycles. The second-order valence-corrected chi connectivity index (χ2v) is 6.73. The van der Waals surface area contributed by atoms with Gasteiger partial charge >= 0.3 is 11.9 Å². The van der Waals surface area contributed by atoms with Crippen LogP contribution >= 0.6 is 0 Å². The van der Waals surface area contributed by atoms with Crippen LogP contribution in [0, 0.1) is 0 Å². The molecule has 2 rings (SSSR count). The highest BCUT2D eigenvalue weighted by atomic mass is 16.6. The monoisotopic (exact) mass is 328 g/mol. The lowest BCUT2D eigenvalue weighted by atomic mass is 9.98. The molecular formula is C17H28O6. The molecule has 132 valence electrons. The first-order chi connectivity index (χ1) is 11.0. The van der Waals surface area contributed by atoms with Crippen LogP contribution in [0.4, 0.5) is 0 Å². The Bertz CT molecular complexity index is 345. The third kappa shape index (κ3) is 6.87. The number of hydrogen-bond acceptors (Lipinski definition) is 6. The molecule has 0 spiro atoms. The van der Waals surface area contributed by atoms with E-state index >= 15 is 0 Å². The minimum absolute atomic E-state index is 0.0615. The number of ether oxygens (including phenoxy) is 2. The van der Waals surface area contributed by atoms with E-state index in [0.717, 1.165) is 44.9 Å². The van der Waals surface area contributed by atoms with E-state index < -0.39 is 0 Å². The number of carbonyl (C=O) groups is 2. The van der Waals surface area contributed by atoms with Gasteiger partial charge in [-0.1, -0.05) is 0 Å². The van der Waals surface area contributed by atoms with Gasteiger partial charge in [-0.2, -0.15) is 0 Å². The molecule has 0 aliphatic carbocycles. The summed E-state index contributed by atoms with van der Waals surface area (Å²) < 4.78 is 9.85. The summed E-state index contributed by atoms with van der Waals surface area (Å²) in [4.78, 5) is 21.3. The van der Waals surface area contributed by atoms with Crippen molar-refractivity contribution in [2.75, 3.05) is 0 Å². The highest BCUT2D eigenvalue weighted by molar-refractivity contribution is 5.75. The van der Waals surface area contributed by atoms with E-state index in [-0.39, 0.29) is 36.4 Å². The van der Waals surface area contributed by atoms with Gasteiger partial charge in [0.2, 0.25) is 0 Å². The van der Waals surface area contributed by atoms with E-state index in [1.165, 1.54) is 0 Å². The molecule has 6 heteroatoms. The van der Waals surface area contributed by atoms with Gasteiger partial charge in [0.15, 0.2) is 0 Å². The van der Waals surface area contributed by atoms with E-state index in [1.807, 2.05) is 0 Å². The molecule has 2 N–H and O–H groups in total. The quantitative estimate of drug-likeness (QED) is 0.531. The van der Waals surface area contributed by atoms with Gasteiger partial charge in [-0.05, 0) is 57.8 Å². The number of aliphatic hydroxyl groups excluding tert-OH is 2. The average molecular weight is 328 g/mol.